The summed E-state index contributed by atoms with van der Waals surface area (Å²) in [6.07, 6.45) is 4.83. The molecule has 0 bridgehead atoms. The Hall–Kier alpha value is -2.18. The van der Waals surface area contributed by atoms with E-state index in [1.807, 2.05) is 0 Å². The van der Waals surface area contributed by atoms with Gasteiger partial charge in [0.15, 0.2) is 5.89 Å². The van der Waals surface area contributed by atoms with Gasteiger partial charge in [0.2, 0.25) is 0 Å². The van der Waals surface area contributed by atoms with Crippen LogP contribution in [0.3, 0.4) is 0 Å². The van der Waals surface area contributed by atoms with Crippen LogP contribution in [0.2, 0.25) is 0 Å². The second-order valence-corrected chi connectivity index (χ2v) is 7.33. The van der Waals surface area contributed by atoms with Gasteiger partial charge in [-0.25, -0.2) is 4.98 Å². The Morgan fingerprint density at radius 1 is 0.897 bits per heavy atom. The highest BCUT2D eigenvalue weighted by atomic mass is 35.5. The molecule has 0 aliphatic carbocycles. The van der Waals surface area contributed by atoms with Gasteiger partial charge in [0, 0.05) is 12.0 Å². The molecule has 3 rings (SSSR count). The summed E-state index contributed by atoms with van der Waals surface area (Å²) in [7, 11) is 0. The molecule has 0 amide bonds. The lowest BCUT2D eigenvalue weighted by molar-refractivity contribution is 0.115. The van der Waals surface area contributed by atoms with E-state index in [4.69, 9.17) is 10.2 Å². The van der Waals surface area contributed by atoms with E-state index in [0.29, 0.717) is 12.8 Å². The first-order valence-electron chi connectivity index (χ1n) is 9.71. The SMILES string of the molecule is CCCc1nc(-c2ccc(-c3ccc(CCC(N)(CO)CO)cc3)cc2)co1.Cl. The molecule has 0 spiro atoms. The molecular weight excluding hydrogens is 388 g/mol. The van der Waals surface area contributed by atoms with Gasteiger partial charge in [-0.15, -0.1) is 12.4 Å². The number of aliphatic hydroxyl groups excluding tert-OH is 2. The van der Waals surface area contributed by atoms with E-state index < -0.39 is 5.54 Å². The molecule has 0 aliphatic heterocycles. The average Bonchev–Trinajstić information content (AvgIpc) is 3.21. The van der Waals surface area contributed by atoms with Crippen molar-refractivity contribution < 1.29 is 14.6 Å². The van der Waals surface area contributed by atoms with Crippen molar-refractivity contribution in [1.29, 1.82) is 0 Å². The maximum absolute atomic E-state index is 9.29. The molecule has 0 radical (unpaired) electrons. The fraction of sp³-hybridized carbons (Fsp3) is 0.348. The second kappa shape index (κ2) is 10.6. The molecule has 0 atom stereocenters. The molecule has 29 heavy (non-hydrogen) atoms. The molecule has 3 aromatic rings. The van der Waals surface area contributed by atoms with Gasteiger partial charge < -0.3 is 20.4 Å². The van der Waals surface area contributed by atoms with Crippen molar-refractivity contribution in [2.45, 2.75) is 38.1 Å². The zero-order valence-corrected chi connectivity index (χ0v) is 17.5. The summed E-state index contributed by atoms with van der Waals surface area (Å²) in [5, 5.41) is 18.6. The second-order valence-electron chi connectivity index (χ2n) is 7.33. The zero-order chi connectivity index (χ0) is 20.0. The Balaban J connectivity index is 0.00000300. The van der Waals surface area contributed by atoms with Crippen molar-refractivity contribution >= 4 is 12.4 Å². The monoisotopic (exact) mass is 416 g/mol. The van der Waals surface area contributed by atoms with Crippen LogP contribution in [0.25, 0.3) is 22.4 Å². The Morgan fingerprint density at radius 3 is 2.00 bits per heavy atom. The van der Waals surface area contributed by atoms with E-state index in [9.17, 15) is 10.2 Å². The summed E-state index contributed by atoms with van der Waals surface area (Å²) < 4.78 is 5.50. The summed E-state index contributed by atoms with van der Waals surface area (Å²) in [6, 6.07) is 16.6. The van der Waals surface area contributed by atoms with Crippen molar-refractivity contribution in [2.75, 3.05) is 13.2 Å². The molecule has 156 valence electrons. The summed E-state index contributed by atoms with van der Waals surface area (Å²) in [5.74, 6) is 0.779. The molecule has 0 saturated heterocycles. The van der Waals surface area contributed by atoms with Crippen LogP contribution in [-0.2, 0) is 12.8 Å². The zero-order valence-electron chi connectivity index (χ0n) is 16.7. The molecule has 0 unspecified atom stereocenters. The fourth-order valence-electron chi connectivity index (χ4n) is 3.07. The standard InChI is InChI=1S/C23H28N2O3.ClH/c1-2-3-22-25-21(14-28-22)20-10-8-19(9-11-20)18-6-4-17(5-7-18)12-13-23(24,15-26)16-27;/h4-11,14,26-27H,2-3,12-13,15-16,24H2,1H3;1H. The van der Waals surface area contributed by atoms with Crippen LogP contribution in [0.4, 0.5) is 0 Å². The van der Waals surface area contributed by atoms with Crippen LogP contribution in [0.15, 0.2) is 59.2 Å². The third kappa shape index (κ3) is 5.90. The maximum Gasteiger partial charge on any atom is 0.194 e. The predicted octanol–water partition coefficient (Wildman–Crippen LogP) is 4.00. The van der Waals surface area contributed by atoms with Crippen LogP contribution in [0.5, 0.6) is 0 Å². The Kier molecular flexibility index (Phi) is 8.41. The Bertz CT molecular complexity index is 872. The quantitative estimate of drug-likeness (QED) is 0.490. The normalized spacial score (nSPS) is 11.3. The van der Waals surface area contributed by atoms with Crippen molar-refractivity contribution in [3.8, 4) is 22.4 Å². The summed E-state index contributed by atoms with van der Waals surface area (Å²) >= 11 is 0. The number of nitrogens with two attached hydrogens (primary N) is 1. The molecule has 5 nitrogen and oxygen atoms in total. The maximum atomic E-state index is 9.29. The number of aliphatic hydroxyl groups is 2. The minimum absolute atomic E-state index is 0. The van der Waals surface area contributed by atoms with Crippen molar-refractivity contribution in [3.63, 3.8) is 0 Å². The van der Waals surface area contributed by atoms with Gasteiger partial charge in [0.1, 0.15) is 12.0 Å². The third-order valence-electron chi connectivity index (χ3n) is 5.02. The van der Waals surface area contributed by atoms with Gasteiger partial charge in [-0.3, -0.25) is 0 Å². The number of oxazole rings is 1. The summed E-state index contributed by atoms with van der Waals surface area (Å²) in [4.78, 5) is 4.53. The van der Waals surface area contributed by atoms with E-state index in [0.717, 1.165) is 46.7 Å². The summed E-state index contributed by atoms with van der Waals surface area (Å²) in [6.45, 7) is 1.66. The highest BCUT2D eigenvalue weighted by molar-refractivity contribution is 5.85. The highest BCUT2D eigenvalue weighted by Gasteiger charge is 2.22. The average molecular weight is 417 g/mol. The molecule has 0 aliphatic rings. The number of hydrogen-bond acceptors (Lipinski definition) is 5. The van der Waals surface area contributed by atoms with Crippen molar-refractivity contribution in [2.24, 2.45) is 5.73 Å². The highest BCUT2D eigenvalue weighted by Crippen LogP contribution is 2.25. The molecule has 0 fully saturated rings. The Labute approximate surface area is 178 Å². The lowest BCUT2D eigenvalue weighted by atomic mass is 9.93. The predicted molar refractivity (Wildman–Crippen MR) is 118 cm³/mol. The molecule has 0 saturated carbocycles. The van der Waals surface area contributed by atoms with Crippen molar-refractivity contribution in [3.05, 3.63) is 66.2 Å². The van der Waals surface area contributed by atoms with Gasteiger partial charge in [-0.1, -0.05) is 55.5 Å². The first kappa shape index (κ1) is 23.1. The van der Waals surface area contributed by atoms with E-state index in [1.54, 1.807) is 6.26 Å². The van der Waals surface area contributed by atoms with E-state index in [1.165, 1.54) is 0 Å². The molecule has 2 aromatic carbocycles. The van der Waals surface area contributed by atoms with Gasteiger partial charge in [0.05, 0.1) is 18.8 Å². The first-order chi connectivity index (χ1) is 13.6. The van der Waals surface area contributed by atoms with Gasteiger partial charge in [0.25, 0.3) is 0 Å². The lowest BCUT2D eigenvalue weighted by Crippen LogP contribution is -2.47. The number of rotatable bonds is 9. The van der Waals surface area contributed by atoms with Crippen molar-refractivity contribution in [1.82, 2.24) is 4.98 Å². The van der Waals surface area contributed by atoms with Crippen LogP contribution >= 0.6 is 12.4 Å². The number of benzene rings is 2. The molecule has 1 aromatic heterocycles. The topological polar surface area (TPSA) is 92.5 Å². The van der Waals surface area contributed by atoms with Crippen LogP contribution in [-0.4, -0.2) is 33.9 Å². The number of aryl methyl sites for hydroxylation is 2. The van der Waals surface area contributed by atoms with E-state index >= 15 is 0 Å². The van der Waals surface area contributed by atoms with E-state index in [-0.39, 0.29) is 25.6 Å². The molecule has 4 N–H and O–H groups in total. The number of halogens is 1. The number of aromatic nitrogens is 1. The largest absolute Gasteiger partial charge is 0.448 e. The number of hydrogen-bond donors (Lipinski definition) is 3. The lowest BCUT2D eigenvalue weighted by Gasteiger charge is -2.24. The fourth-order valence-corrected chi connectivity index (χ4v) is 3.07. The van der Waals surface area contributed by atoms with Gasteiger partial charge >= 0.3 is 0 Å². The van der Waals surface area contributed by atoms with Gasteiger partial charge in [-0.05, 0) is 36.0 Å². The minimum atomic E-state index is -0.924. The summed E-state index contributed by atoms with van der Waals surface area (Å²) in [5.41, 5.74) is 10.3. The van der Waals surface area contributed by atoms with E-state index in [2.05, 4.69) is 60.4 Å². The molecular formula is C23H29ClN2O3. The smallest absolute Gasteiger partial charge is 0.194 e. The van der Waals surface area contributed by atoms with Crippen LogP contribution in [0.1, 0.15) is 31.2 Å². The van der Waals surface area contributed by atoms with Crippen LogP contribution in [0, 0.1) is 0 Å². The Morgan fingerprint density at radius 2 is 1.45 bits per heavy atom. The number of nitrogens with zero attached hydrogens (tertiary/aromatic N) is 1. The van der Waals surface area contributed by atoms with Gasteiger partial charge in [-0.2, -0.15) is 0 Å². The molecule has 1 heterocycles. The minimum Gasteiger partial charge on any atom is -0.448 e. The molecule has 6 heteroatoms. The third-order valence-corrected chi connectivity index (χ3v) is 5.02. The van der Waals surface area contributed by atoms with Crippen LogP contribution < -0.4 is 5.73 Å². The first-order valence-corrected chi connectivity index (χ1v) is 9.71.